The molecular formula is C22H30N4O4S. The average Bonchev–Trinajstić information content (AvgIpc) is 2.75. The van der Waals surface area contributed by atoms with Crippen LogP contribution in [0.5, 0.6) is 0 Å². The molecule has 2 fully saturated rings. The van der Waals surface area contributed by atoms with Crippen molar-refractivity contribution in [3.8, 4) is 0 Å². The number of hydrogen-bond donors (Lipinski definition) is 4. The number of rotatable bonds is 4. The molecule has 0 spiro atoms. The summed E-state index contributed by atoms with van der Waals surface area (Å²) in [6.45, 7) is 2.13. The molecule has 31 heavy (non-hydrogen) atoms. The molecule has 0 saturated carbocycles. The van der Waals surface area contributed by atoms with Crippen LogP contribution < -0.4 is 21.3 Å². The summed E-state index contributed by atoms with van der Waals surface area (Å²) in [7, 11) is -3.94. The van der Waals surface area contributed by atoms with Gasteiger partial charge in [0.05, 0.1) is 44.7 Å². The van der Waals surface area contributed by atoms with E-state index in [4.69, 9.17) is 11.5 Å². The number of benzene rings is 2. The van der Waals surface area contributed by atoms with Crippen molar-refractivity contribution in [2.24, 2.45) is 0 Å². The number of aliphatic hydroxyl groups is 2. The highest BCUT2D eigenvalue weighted by Crippen LogP contribution is 2.41. The van der Waals surface area contributed by atoms with Crippen LogP contribution in [-0.4, -0.2) is 57.0 Å². The maximum absolute atomic E-state index is 13.9. The maximum atomic E-state index is 13.9. The number of piperidine rings is 2. The van der Waals surface area contributed by atoms with Gasteiger partial charge in [0.15, 0.2) is 0 Å². The Balaban J connectivity index is 1.80. The van der Waals surface area contributed by atoms with Crippen LogP contribution in [-0.2, 0) is 9.84 Å². The van der Waals surface area contributed by atoms with Gasteiger partial charge in [-0.1, -0.05) is 12.1 Å². The molecule has 6 N–H and O–H groups in total. The van der Waals surface area contributed by atoms with Gasteiger partial charge in [-0.2, -0.15) is 0 Å². The molecule has 0 aromatic heterocycles. The molecule has 2 heterocycles. The van der Waals surface area contributed by atoms with Crippen LogP contribution in [0, 0.1) is 0 Å². The maximum Gasteiger partial charge on any atom is 0.210 e. The van der Waals surface area contributed by atoms with Gasteiger partial charge >= 0.3 is 0 Å². The Kier molecular flexibility index (Phi) is 6.00. The van der Waals surface area contributed by atoms with Gasteiger partial charge in [-0.3, -0.25) is 0 Å². The fourth-order valence-corrected chi connectivity index (χ4v) is 6.24. The first kappa shape index (κ1) is 21.7. The van der Waals surface area contributed by atoms with Crippen molar-refractivity contribution < 1.29 is 18.6 Å². The van der Waals surface area contributed by atoms with Gasteiger partial charge in [-0.05, 0) is 49.9 Å². The molecule has 9 heteroatoms. The summed E-state index contributed by atoms with van der Waals surface area (Å²) in [5, 5.41) is 19.7. The number of nitrogen functional groups attached to an aromatic ring is 2. The second kappa shape index (κ2) is 8.57. The van der Waals surface area contributed by atoms with Crippen molar-refractivity contribution in [1.82, 2.24) is 0 Å². The second-order valence-corrected chi connectivity index (χ2v) is 10.2. The summed E-state index contributed by atoms with van der Waals surface area (Å²) in [5.74, 6) is 0. The Morgan fingerprint density at radius 2 is 1.06 bits per heavy atom. The lowest BCUT2D eigenvalue weighted by Crippen LogP contribution is -2.38. The smallest absolute Gasteiger partial charge is 0.210 e. The minimum Gasteiger partial charge on any atom is -0.397 e. The van der Waals surface area contributed by atoms with E-state index in [0.717, 1.165) is 0 Å². The first-order valence-electron chi connectivity index (χ1n) is 10.7. The van der Waals surface area contributed by atoms with Crippen LogP contribution in [0.1, 0.15) is 25.7 Å². The van der Waals surface area contributed by atoms with Crippen LogP contribution in [0.25, 0.3) is 0 Å². The molecule has 2 aliphatic rings. The standard InChI is InChI=1S/C22H30N4O4S/c23-17-3-1-5-19(21(17)25-11-7-15(27)8-12-25)31(29,30)20-6-2-4-18(24)22(20)26-13-9-16(28)10-14-26/h1-6,15-16,27-28H,7-14,23-24H2. The summed E-state index contributed by atoms with van der Waals surface area (Å²) in [4.78, 5) is 4.18. The zero-order chi connectivity index (χ0) is 22.2. The molecule has 0 unspecified atom stereocenters. The van der Waals surface area contributed by atoms with Gasteiger partial charge < -0.3 is 31.5 Å². The topological polar surface area (TPSA) is 133 Å². The van der Waals surface area contributed by atoms with Crippen molar-refractivity contribution in [3.05, 3.63) is 36.4 Å². The van der Waals surface area contributed by atoms with Crippen LogP contribution in [0.3, 0.4) is 0 Å². The molecule has 0 atom stereocenters. The molecule has 0 amide bonds. The van der Waals surface area contributed by atoms with Crippen molar-refractivity contribution in [3.63, 3.8) is 0 Å². The number of nitrogens with two attached hydrogens (primary N) is 2. The quantitative estimate of drug-likeness (QED) is 0.521. The van der Waals surface area contributed by atoms with Crippen LogP contribution >= 0.6 is 0 Å². The monoisotopic (exact) mass is 446 g/mol. The van der Waals surface area contributed by atoms with E-state index in [1.807, 2.05) is 9.80 Å². The van der Waals surface area contributed by atoms with Crippen molar-refractivity contribution in [2.75, 3.05) is 47.4 Å². The molecule has 2 aromatic rings. The Labute approximate surface area is 183 Å². The lowest BCUT2D eigenvalue weighted by molar-refractivity contribution is 0.145. The molecule has 168 valence electrons. The first-order valence-corrected chi connectivity index (χ1v) is 12.2. The van der Waals surface area contributed by atoms with E-state index in [9.17, 15) is 18.6 Å². The summed E-state index contributed by atoms with van der Waals surface area (Å²) >= 11 is 0. The molecule has 2 saturated heterocycles. The second-order valence-electron chi connectivity index (χ2n) is 8.33. The number of aliphatic hydroxyl groups excluding tert-OH is 2. The third-order valence-electron chi connectivity index (χ3n) is 6.20. The lowest BCUT2D eigenvalue weighted by atomic mass is 10.1. The third kappa shape index (κ3) is 4.17. The van der Waals surface area contributed by atoms with E-state index in [0.29, 0.717) is 74.6 Å². The van der Waals surface area contributed by atoms with Crippen LogP contribution in [0.4, 0.5) is 22.7 Å². The van der Waals surface area contributed by atoms with E-state index in [1.165, 1.54) is 0 Å². The van der Waals surface area contributed by atoms with Gasteiger partial charge in [-0.15, -0.1) is 0 Å². The van der Waals surface area contributed by atoms with Gasteiger partial charge in [0.25, 0.3) is 0 Å². The Morgan fingerprint density at radius 3 is 1.42 bits per heavy atom. The minimum atomic E-state index is -3.94. The Hall–Kier alpha value is -2.49. The highest BCUT2D eigenvalue weighted by atomic mass is 32.2. The number of hydrogen-bond acceptors (Lipinski definition) is 8. The fraction of sp³-hybridized carbons (Fsp3) is 0.455. The van der Waals surface area contributed by atoms with E-state index < -0.39 is 9.84 Å². The highest BCUT2D eigenvalue weighted by molar-refractivity contribution is 7.91. The number of para-hydroxylation sites is 2. The summed E-state index contributed by atoms with van der Waals surface area (Å²) in [6, 6.07) is 9.86. The Bertz CT molecular complexity index is 966. The molecular weight excluding hydrogens is 416 g/mol. The van der Waals surface area contributed by atoms with Gasteiger partial charge in [0.2, 0.25) is 9.84 Å². The minimum absolute atomic E-state index is 0.146. The normalized spacial score (nSPS) is 19.0. The van der Waals surface area contributed by atoms with Crippen molar-refractivity contribution >= 4 is 32.6 Å². The SMILES string of the molecule is Nc1cccc(S(=O)(=O)c2cccc(N)c2N2CCC(O)CC2)c1N1CCC(O)CC1. The zero-order valence-corrected chi connectivity index (χ0v) is 18.3. The van der Waals surface area contributed by atoms with Crippen LogP contribution in [0.2, 0.25) is 0 Å². The predicted molar refractivity (Wildman–Crippen MR) is 122 cm³/mol. The molecule has 2 aromatic carbocycles. The Morgan fingerprint density at radius 1 is 0.710 bits per heavy atom. The predicted octanol–water partition coefficient (Wildman–Crippen LogP) is 1.61. The first-order chi connectivity index (χ1) is 14.8. The molecule has 8 nitrogen and oxygen atoms in total. The third-order valence-corrected chi connectivity index (χ3v) is 8.02. The summed E-state index contributed by atoms with van der Waals surface area (Å²) in [6.07, 6.45) is 1.49. The van der Waals surface area contributed by atoms with Crippen molar-refractivity contribution in [1.29, 1.82) is 0 Å². The van der Waals surface area contributed by atoms with Gasteiger partial charge in [0, 0.05) is 26.2 Å². The lowest BCUT2D eigenvalue weighted by Gasteiger charge is -2.35. The number of nitrogens with zero attached hydrogens (tertiary/aromatic N) is 2. The average molecular weight is 447 g/mol. The molecule has 4 rings (SSSR count). The fourth-order valence-electron chi connectivity index (χ4n) is 4.49. The molecule has 0 aliphatic carbocycles. The van der Waals surface area contributed by atoms with E-state index in [1.54, 1.807) is 36.4 Å². The summed E-state index contributed by atoms with van der Waals surface area (Å²) in [5.41, 5.74) is 14.3. The zero-order valence-electron chi connectivity index (χ0n) is 17.4. The molecule has 0 bridgehead atoms. The number of sulfone groups is 1. The summed E-state index contributed by atoms with van der Waals surface area (Å²) < 4.78 is 27.9. The van der Waals surface area contributed by atoms with Crippen molar-refractivity contribution in [2.45, 2.75) is 47.7 Å². The van der Waals surface area contributed by atoms with Gasteiger partial charge in [0.1, 0.15) is 0 Å². The molecule has 0 radical (unpaired) electrons. The highest BCUT2D eigenvalue weighted by Gasteiger charge is 2.32. The van der Waals surface area contributed by atoms with E-state index in [2.05, 4.69) is 0 Å². The van der Waals surface area contributed by atoms with Crippen LogP contribution in [0.15, 0.2) is 46.2 Å². The largest absolute Gasteiger partial charge is 0.397 e. The van der Waals surface area contributed by atoms with E-state index >= 15 is 0 Å². The van der Waals surface area contributed by atoms with Gasteiger partial charge in [-0.25, -0.2) is 8.42 Å². The van der Waals surface area contributed by atoms with E-state index in [-0.39, 0.29) is 22.0 Å². The molecule has 2 aliphatic heterocycles. The number of anilines is 4.